The molecule has 2 rings (SSSR count). The van der Waals surface area contributed by atoms with Crippen LogP contribution in [0.25, 0.3) is 0 Å². The molecular weight excluding hydrogens is 314 g/mol. The maximum absolute atomic E-state index is 11.0. The standard InChI is InChI=1S/C13H16BrNO4/c1-3-18-13-9(14)7-11(13)19-12-8(2)5-4-6-10(12)15(16)17/h4-6,9,11,13H,3,7H2,1-2H3. The van der Waals surface area contributed by atoms with Gasteiger partial charge in [-0.3, -0.25) is 10.1 Å². The highest BCUT2D eigenvalue weighted by Crippen LogP contribution is 2.38. The minimum Gasteiger partial charge on any atom is -0.480 e. The Balaban J connectivity index is 2.17. The Bertz CT molecular complexity index is 480. The second-order valence-electron chi connectivity index (χ2n) is 4.51. The number of para-hydroxylation sites is 1. The molecule has 1 aromatic rings. The fourth-order valence-electron chi connectivity index (χ4n) is 2.13. The summed E-state index contributed by atoms with van der Waals surface area (Å²) >= 11 is 3.51. The van der Waals surface area contributed by atoms with E-state index < -0.39 is 4.92 Å². The number of benzene rings is 1. The van der Waals surface area contributed by atoms with E-state index in [0.717, 1.165) is 12.0 Å². The lowest BCUT2D eigenvalue weighted by atomic mass is 9.91. The number of nitrogens with zero attached hydrogens (tertiary/aromatic N) is 1. The molecule has 6 heteroatoms. The van der Waals surface area contributed by atoms with E-state index in [1.54, 1.807) is 6.07 Å². The molecule has 1 saturated carbocycles. The Kier molecular flexibility index (Phi) is 4.42. The van der Waals surface area contributed by atoms with E-state index in [9.17, 15) is 10.1 Å². The van der Waals surface area contributed by atoms with E-state index in [0.29, 0.717) is 12.4 Å². The van der Waals surface area contributed by atoms with Gasteiger partial charge in [-0.15, -0.1) is 0 Å². The highest BCUT2D eigenvalue weighted by molar-refractivity contribution is 9.09. The average molecular weight is 330 g/mol. The molecule has 0 N–H and O–H groups in total. The van der Waals surface area contributed by atoms with Gasteiger partial charge < -0.3 is 9.47 Å². The Hall–Kier alpha value is -1.14. The number of aryl methyl sites for hydroxylation is 1. The van der Waals surface area contributed by atoms with E-state index >= 15 is 0 Å². The molecule has 0 amide bonds. The van der Waals surface area contributed by atoms with Crippen molar-refractivity contribution >= 4 is 21.6 Å². The van der Waals surface area contributed by atoms with E-state index in [-0.39, 0.29) is 22.7 Å². The van der Waals surface area contributed by atoms with Crippen LogP contribution in [0.4, 0.5) is 5.69 Å². The molecular formula is C13H16BrNO4. The van der Waals surface area contributed by atoms with Crippen LogP contribution in [0.2, 0.25) is 0 Å². The van der Waals surface area contributed by atoms with Crippen LogP contribution in [0.3, 0.4) is 0 Å². The molecule has 1 aliphatic rings. The number of ether oxygens (including phenoxy) is 2. The summed E-state index contributed by atoms with van der Waals surface area (Å²) in [6.45, 7) is 4.33. The quantitative estimate of drug-likeness (QED) is 0.472. The van der Waals surface area contributed by atoms with Gasteiger partial charge in [0.05, 0.1) is 4.92 Å². The van der Waals surface area contributed by atoms with Gasteiger partial charge in [0.25, 0.3) is 0 Å². The lowest BCUT2D eigenvalue weighted by Gasteiger charge is -2.40. The summed E-state index contributed by atoms with van der Waals surface area (Å²) in [7, 11) is 0. The highest BCUT2D eigenvalue weighted by Gasteiger charge is 2.43. The van der Waals surface area contributed by atoms with E-state index in [2.05, 4.69) is 15.9 Å². The van der Waals surface area contributed by atoms with Crippen molar-refractivity contribution in [2.24, 2.45) is 0 Å². The molecule has 1 aliphatic carbocycles. The van der Waals surface area contributed by atoms with Crippen molar-refractivity contribution in [3.8, 4) is 5.75 Å². The normalized spacial score (nSPS) is 25.7. The number of nitro benzene ring substituents is 1. The molecule has 1 fully saturated rings. The predicted octanol–water partition coefficient (Wildman–Crippen LogP) is 3.22. The Morgan fingerprint density at radius 3 is 2.84 bits per heavy atom. The lowest BCUT2D eigenvalue weighted by molar-refractivity contribution is -0.386. The van der Waals surface area contributed by atoms with Crippen LogP contribution in [-0.2, 0) is 4.74 Å². The summed E-state index contributed by atoms with van der Waals surface area (Å²) in [6, 6.07) is 4.93. The summed E-state index contributed by atoms with van der Waals surface area (Å²) < 4.78 is 11.4. The molecule has 3 atom stereocenters. The van der Waals surface area contributed by atoms with Gasteiger partial charge in [0.2, 0.25) is 0 Å². The summed E-state index contributed by atoms with van der Waals surface area (Å²) in [5.41, 5.74) is 0.774. The first-order chi connectivity index (χ1) is 9.04. The van der Waals surface area contributed by atoms with Crippen LogP contribution in [-0.4, -0.2) is 28.6 Å². The van der Waals surface area contributed by atoms with Crippen LogP contribution in [0.5, 0.6) is 5.75 Å². The van der Waals surface area contributed by atoms with Crippen molar-refractivity contribution in [2.45, 2.75) is 37.3 Å². The van der Waals surface area contributed by atoms with Gasteiger partial charge in [0, 0.05) is 23.9 Å². The third-order valence-electron chi connectivity index (χ3n) is 3.20. The van der Waals surface area contributed by atoms with Crippen molar-refractivity contribution in [3.63, 3.8) is 0 Å². The van der Waals surface area contributed by atoms with Gasteiger partial charge in [-0.2, -0.15) is 0 Å². The molecule has 0 bridgehead atoms. The fourth-order valence-corrected chi connectivity index (χ4v) is 2.99. The SMILES string of the molecule is CCOC1C(Br)CC1Oc1c(C)cccc1[N+](=O)[O-]. The van der Waals surface area contributed by atoms with Crippen molar-refractivity contribution in [3.05, 3.63) is 33.9 Å². The van der Waals surface area contributed by atoms with Gasteiger partial charge in [0.1, 0.15) is 12.2 Å². The minimum absolute atomic E-state index is 0.00766. The number of alkyl halides is 1. The monoisotopic (exact) mass is 329 g/mol. The largest absolute Gasteiger partial charge is 0.480 e. The predicted molar refractivity (Wildman–Crippen MR) is 75.0 cm³/mol. The van der Waals surface area contributed by atoms with Gasteiger partial charge in [0.15, 0.2) is 5.75 Å². The molecule has 19 heavy (non-hydrogen) atoms. The molecule has 1 aromatic carbocycles. The Morgan fingerprint density at radius 2 is 2.26 bits per heavy atom. The van der Waals surface area contributed by atoms with Crippen LogP contribution in [0, 0.1) is 17.0 Å². The third kappa shape index (κ3) is 2.90. The number of hydrogen-bond acceptors (Lipinski definition) is 4. The smallest absolute Gasteiger partial charge is 0.311 e. The number of halogens is 1. The molecule has 0 spiro atoms. The molecule has 104 valence electrons. The first-order valence-electron chi connectivity index (χ1n) is 6.21. The molecule has 0 aromatic heterocycles. The van der Waals surface area contributed by atoms with Gasteiger partial charge in [-0.25, -0.2) is 0 Å². The van der Waals surface area contributed by atoms with Gasteiger partial charge >= 0.3 is 5.69 Å². The third-order valence-corrected chi connectivity index (χ3v) is 4.09. The highest BCUT2D eigenvalue weighted by atomic mass is 79.9. The van der Waals surface area contributed by atoms with Crippen LogP contribution < -0.4 is 4.74 Å². The van der Waals surface area contributed by atoms with Crippen molar-refractivity contribution in [2.75, 3.05) is 6.61 Å². The van der Waals surface area contributed by atoms with Gasteiger partial charge in [-0.05, 0) is 19.4 Å². The van der Waals surface area contributed by atoms with Crippen molar-refractivity contribution < 1.29 is 14.4 Å². The van der Waals surface area contributed by atoms with E-state index in [1.807, 2.05) is 19.9 Å². The lowest BCUT2D eigenvalue weighted by Crippen LogP contribution is -2.52. The maximum atomic E-state index is 11.0. The molecule has 0 aliphatic heterocycles. The summed E-state index contributed by atoms with van der Waals surface area (Å²) in [5, 5.41) is 11.0. The second-order valence-corrected chi connectivity index (χ2v) is 5.68. The van der Waals surface area contributed by atoms with Crippen molar-refractivity contribution in [1.29, 1.82) is 0 Å². The molecule has 0 saturated heterocycles. The molecule has 5 nitrogen and oxygen atoms in total. The zero-order chi connectivity index (χ0) is 14.0. The van der Waals surface area contributed by atoms with E-state index in [4.69, 9.17) is 9.47 Å². The number of rotatable bonds is 5. The Labute approximate surface area is 120 Å². The molecule has 0 heterocycles. The fraction of sp³-hybridized carbons (Fsp3) is 0.538. The summed E-state index contributed by atoms with van der Waals surface area (Å²) in [5.74, 6) is 0.349. The van der Waals surface area contributed by atoms with Crippen LogP contribution >= 0.6 is 15.9 Å². The summed E-state index contributed by atoms with van der Waals surface area (Å²) in [4.78, 5) is 10.9. The zero-order valence-corrected chi connectivity index (χ0v) is 12.4. The van der Waals surface area contributed by atoms with Crippen LogP contribution in [0.15, 0.2) is 18.2 Å². The molecule has 3 unspecified atom stereocenters. The van der Waals surface area contributed by atoms with Crippen LogP contribution in [0.1, 0.15) is 18.9 Å². The topological polar surface area (TPSA) is 61.6 Å². The molecule has 0 radical (unpaired) electrons. The minimum atomic E-state index is -0.414. The average Bonchev–Trinajstić information content (AvgIpc) is 2.37. The second kappa shape index (κ2) is 5.88. The first kappa shape index (κ1) is 14.3. The number of nitro groups is 1. The zero-order valence-electron chi connectivity index (χ0n) is 10.8. The number of hydrogen-bond donors (Lipinski definition) is 0. The maximum Gasteiger partial charge on any atom is 0.311 e. The van der Waals surface area contributed by atoms with Crippen molar-refractivity contribution in [1.82, 2.24) is 0 Å². The van der Waals surface area contributed by atoms with E-state index in [1.165, 1.54) is 6.07 Å². The van der Waals surface area contributed by atoms with Gasteiger partial charge in [-0.1, -0.05) is 28.1 Å². The first-order valence-corrected chi connectivity index (χ1v) is 7.12. The Morgan fingerprint density at radius 1 is 1.53 bits per heavy atom. The summed E-state index contributed by atoms with van der Waals surface area (Å²) in [6.07, 6.45) is 0.601.